The molecule has 0 aliphatic rings. The number of carbonyl (C=O) groups is 2. The Kier molecular flexibility index (Phi) is 5.51. The van der Waals surface area contributed by atoms with E-state index in [9.17, 15) is 9.59 Å². The third kappa shape index (κ3) is 4.40. The summed E-state index contributed by atoms with van der Waals surface area (Å²) in [6.45, 7) is 1.70. The zero-order valence-electron chi connectivity index (χ0n) is 9.60. The fourth-order valence-electron chi connectivity index (χ4n) is 1.08. The molecule has 0 heterocycles. The minimum atomic E-state index is -0.417. The molecule has 1 unspecified atom stereocenters. The van der Waals surface area contributed by atoms with Gasteiger partial charge in [-0.25, -0.2) is 0 Å². The van der Waals surface area contributed by atoms with E-state index in [2.05, 4.69) is 0 Å². The fraction of sp³-hybridized carbons (Fsp3) is 0.333. The average Bonchev–Trinajstić information content (AvgIpc) is 2.35. The number of benzene rings is 1. The molecule has 5 heteroatoms. The van der Waals surface area contributed by atoms with Crippen molar-refractivity contribution in [3.8, 4) is 5.75 Å². The van der Waals surface area contributed by atoms with Gasteiger partial charge >= 0.3 is 0 Å². The maximum atomic E-state index is 11.7. The predicted molar refractivity (Wildman–Crippen MR) is 69.8 cm³/mol. The maximum absolute atomic E-state index is 11.7. The van der Waals surface area contributed by atoms with Crippen LogP contribution < -0.4 is 4.74 Å². The molecule has 0 radical (unpaired) electrons. The summed E-state index contributed by atoms with van der Waals surface area (Å²) in [5.41, 5.74) is 0.588. The Morgan fingerprint density at radius 3 is 2.41 bits per heavy atom. The SMILES string of the molecule is COc1ccc(C(=O)SCC(C)C(=O)Cl)cc1. The lowest BCUT2D eigenvalue weighted by molar-refractivity contribution is -0.114. The van der Waals surface area contributed by atoms with Gasteiger partial charge < -0.3 is 4.74 Å². The van der Waals surface area contributed by atoms with Gasteiger partial charge in [0, 0.05) is 17.2 Å². The zero-order valence-corrected chi connectivity index (χ0v) is 11.2. The summed E-state index contributed by atoms with van der Waals surface area (Å²) in [5, 5.41) is -0.488. The maximum Gasteiger partial charge on any atom is 0.225 e. The summed E-state index contributed by atoms with van der Waals surface area (Å²) in [4.78, 5) is 22.5. The first-order chi connectivity index (χ1) is 8.04. The van der Waals surface area contributed by atoms with Gasteiger partial charge in [-0.2, -0.15) is 0 Å². The molecule has 1 rings (SSSR count). The van der Waals surface area contributed by atoms with Crippen molar-refractivity contribution in [1.29, 1.82) is 0 Å². The third-order valence-corrected chi connectivity index (χ3v) is 3.71. The fourth-order valence-corrected chi connectivity index (χ4v) is 2.10. The highest BCUT2D eigenvalue weighted by Gasteiger charge is 2.13. The average molecular weight is 273 g/mol. The quantitative estimate of drug-likeness (QED) is 0.773. The minimum Gasteiger partial charge on any atom is -0.497 e. The molecule has 0 amide bonds. The summed E-state index contributed by atoms with van der Waals surface area (Å²) < 4.78 is 5.00. The number of ether oxygens (including phenoxy) is 1. The van der Waals surface area contributed by atoms with Gasteiger partial charge in [-0.3, -0.25) is 9.59 Å². The second kappa shape index (κ2) is 6.67. The highest BCUT2D eigenvalue weighted by atomic mass is 35.5. The van der Waals surface area contributed by atoms with Crippen molar-refractivity contribution in [3.63, 3.8) is 0 Å². The molecule has 0 fully saturated rings. The number of hydrogen-bond donors (Lipinski definition) is 0. The van der Waals surface area contributed by atoms with Crippen LogP contribution in [0.15, 0.2) is 24.3 Å². The van der Waals surface area contributed by atoms with Crippen molar-refractivity contribution >= 4 is 33.7 Å². The van der Waals surface area contributed by atoms with E-state index >= 15 is 0 Å². The van der Waals surface area contributed by atoms with E-state index in [-0.39, 0.29) is 11.0 Å². The molecular weight excluding hydrogens is 260 g/mol. The van der Waals surface area contributed by atoms with E-state index in [1.54, 1.807) is 38.3 Å². The van der Waals surface area contributed by atoms with Gasteiger partial charge in [0.05, 0.1) is 7.11 Å². The Labute approximate surface area is 109 Å². The molecule has 0 aromatic heterocycles. The summed E-state index contributed by atoms with van der Waals surface area (Å²) in [6, 6.07) is 6.84. The molecule has 1 aromatic rings. The van der Waals surface area contributed by atoms with E-state index < -0.39 is 5.24 Å². The second-order valence-electron chi connectivity index (χ2n) is 3.53. The molecule has 0 aliphatic carbocycles. The van der Waals surface area contributed by atoms with Crippen LogP contribution in [-0.2, 0) is 4.79 Å². The van der Waals surface area contributed by atoms with Crippen molar-refractivity contribution in [2.45, 2.75) is 6.92 Å². The smallest absolute Gasteiger partial charge is 0.225 e. The van der Waals surface area contributed by atoms with Crippen molar-refractivity contribution in [2.75, 3.05) is 12.9 Å². The van der Waals surface area contributed by atoms with Crippen molar-refractivity contribution in [3.05, 3.63) is 29.8 Å². The Hall–Kier alpha value is -1.00. The Balaban J connectivity index is 2.55. The lowest BCUT2D eigenvalue weighted by Gasteiger charge is -2.05. The van der Waals surface area contributed by atoms with E-state index in [4.69, 9.17) is 16.3 Å². The van der Waals surface area contributed by atoms with Gasteiger partial charge in [0.2, 0.25) is 10.4 Å². The molecule has 0 spiro atoms. The number of thioether (sulfide) groups is 1. The number of rotatable bonds is 5. The molecule has 0 aliphatic heterocycles. The van der Waals surface area contributed by atoms with Crippen LogP contribution in [0.25, 0.3) is 0 Å². The van der Waals surface area contributed by atoms with Crippen molar-refractivity contribution < 1.29 is 14.3 Å². The van der Waals surface area contributed by atoms with Crippen LogP contribution in [0.4, 0.5) is 0 Å². The topological polar surface area (TPSA) is 43.4 Å². The van der Waals surface area contributed by atoms with E-state index in [1.807, 2.05) is 0 Å². The molecule has 92 valence electrons. The molecule has 17 heavy (non-hydrogen) atoms. The highest BCUT2D eigenvalue weighted by molar-refractivity contribution is 8.14. The number of hydrogen-bond acceptors (Lipinski definition) is 4. The molecule has 3 nitrogen and oxygen atoms in total. The molecule has 0 N–H and O–H groups in total. The second-order valence-corrected chi connectivity index (χ2v) is 4.90. The normalized spacial score (nSPS) is 11.9. The minimum absolute atomic E-state index is 0.0718. The first-order valence-electron chi connectivity index (χ1n) is 5.05. The van der Waals surface area contributed by atoms with Crippen molar-refractivity contribution in [1.82, 2.24) is 0 Å². The first-order valence-corrected chi connectivity index (χ1v) is 6.41. The molecule has 1 aromatic carbocycles. The van der Waals surface area contributed by atoms with Gasteiger partial charge in [-0.1, -0.05) is 18.7 Å². The van der Waals surface area contributed by atoms with Gasteiger partial charge in [-0.15, -0.1) is 0 Å². The summed E-state index contributed by atoms with van der Waals surface area (Å²) in [7, 11) is 1.57. The number of halogens is 1. The van der Waals surface area contributed by atoms with Crippen LogP contribution in [0, 0.1) is 5.92 Å². The van der Waals surface area contributed by atoms with Gasteiger partial charge in [0.25, 0.3) is 0 Å². The van der Waals surface area contributed by atoms with Gasteiger partial charge in [-0.05, 0) is 35.9 Å². The van der Waals surface area contributed by atoms with E-state index in [1.165, 1.54) is 0 Å². The van der Waals surface area contributed by atoms with Crippen LogP contribution in [0.5, 0.6) is 5.75 Å². The Bertz CT molecular complexity index is 403. The van der Waals surface area contributed by atoms with E-state index in [0.29, 0.717) is 17.1 Å². The Morgan fingerprint density at radius 2 is 1.94 bits per heavy atom. The third-order valence-electron chi connectivity index (χ3n) is 2.18. The molecule has 0 bridgehead atoms. The lowest BCUT2D eigenvalue weighted by Crippen LogP contribution is -2.08. The van der Waals surface area contributed by atoms with E-state index in [0.717, 1.165) is 11.8 Å². The monoisotopic (exact) mass is 272 g/mol. The Morgan fingerprint density at radius 1 is 1.35 bits per heavy atom. The van der Waals surface area contributed by atoms with Crippen LogP contribution in [0.3, 0.4) is 0 Å². The summed E-state index contributed by atoms with van der Waals surface area (Å²) >= 11 is 6.41. The molecular formula is C12H13ClO3S. The van der Waals surface area contributed by atoms with Gasteiger partial charge in [0.1, 0.15) is 5.75 Å². The predicted octanol–water partition coefficient (Wildman–Crippen LogP) is 2.97. The zero-order chi connectivity index (χ0) is 12.8. The molecule has 0 saturated heterocycles. The largest absolute Gasteiger partial charge is 0.497 e. The first kappa shape index (κ1) is 14.1. The molecule has 0 saturated carbocycles. The highest BCUT2D eigenvalue weighted by Crippen LogP contribution is 2.19. The summed E-state index contributed by atoms with van der Waals surface area (Å²) in [5.74, 6) is 0.785. The van der Waals surface area contributed by atoms with Gasteiger partial charge in [0.15, 0.2) is 0 Å². The van der Waals surface area contributed by atoms with Crippen molar-refractivity contribution in [2.24, 2.45) is 5.92 Å². The van der Waals surface area contributed by atoms with Crippen LogP contribution >= 0.6 is 23.4 Å². The standard InChI is InChI=1S/C12H13ClO3S/c1-8(11(13)14)7-17-12(15)9-3-5-10(16-2)6-4-9/h3-6,8H,7H2,1-2H3. The lowest BCUT2D eigenvalue weighted by atomic mass is 10.2. The molecule has 1 atom stereocenters. The van der Waals surface area contributed by atoms with Crippen LogP contribution in [0.2, 0.25) is 0 Å². The summed E-state index contributed by atoms with van der Waals surface area (Å²) in [6.07, 6.45) is 0. The van der Waals surface area contributed by atoms with Crippen LogP contribution in [0.1, 0.15) is 17.3 Å². The van der Waals surface area contributed by atoms with Crippen LogP contribution in [-0.4, -0.2) is 23.2 Å². The number of methoxy groups -OCH3 is 1. The number of carbonyl (C=O) groups excluding carboxylic acids is 2.